The van der Waals surface area contributed by atoms with Gasteiger partial charge in [-0.25, -0.2) is 8.42 Å². The average Bonchev–Trinajstić information content (AvgIpc) is 2.42. The minimum atomic E-state index is -3.19. The Morgan fingerprint density at radius 2 is 2.12 bits per heavy atom. The number of sulfone groups is 1. The fraction of sp³-hybridized carbons (Fsp3) is 0.900. The minimum Gasteiger partial charge on any atom is -0.481 e. The second kappa shape index (κ2) is 4.71. The van der Waals surface area contributed by atoms with Crippen LogP contribution in [0, 0.1) is 5.41 Å². The molecule has 0 radical (unpaired) electrons. The quantitative estimate of drug-likeness (QED) is 0.776. The molecular weight excluding hydrogens is 232 g/mol. The number of hydrogen-bond donors (Lipinski definition) is 1. The molecule has 1 N–H and O–H groups in total. The van der Waals surface area contributed by atoms with Crippen LogP contribution in [0.2, 0.25) is 0 Å². The molecule has 0 amide bonds. The largest absolute Gasteiger partial charge is 0.481 e. The van der Waals surface area contributed by atoms with Gasteiger partial charge >= 0.3 is 5.97 Å². The van der Waals surface area contributed by atoms with E-state index in [1.54, 1.807) is 0 Å². The second-order valence-corrected chi connectivity index (χ2v) is 6.78. The molecule has 0 aromatic rings. The van der Waals surface area contributed by atoms with Crippen molar-refractivity contribution >= 4 is 15.8 Å². The van der Waals surface area contributed by atoms with E-state index in [-0.39, 0.29) is 30.5 Å². The Kier molecular flexibility index (Phi) is 3.96. The number of rotatable bonds is 5. The number of hydrogen-bond acceptors (Lipinski definition) is 4. The summed E-state index contributed by atoms with van der Waals surface area (Å²) in [5.41, 5.74) is -1.13. The molecular formula is C10H18O5S. The van der Waals surface area contributed by atoms with Gasteiger partial charge in [-0.1, -0.05) is 0 Å². The van der Waals surface area contributed by atoms with Crippen LogP contribution in [-0.4, -0.2) is 43.7 Å². The van der Waals surface area contributed by atoms with Crippen LogP contribution in [0.25, 0.3) is 0 Å². The standard InChI is InChI=1S/C10H18O5S/c1-8(2)15-5-3-10(9(11)12)4-6-16(13,14)7-10/h8H,3-7H2,1-2H3,(H,11,12). The average molecular weight is 250 g/mol. The van der Waals surface area contributed by atoms with Gasteiger partial charge in [-0.3, -0.25) is 4.79 Å². The van der Waals surface area contributed by atoms with Crippen molar-refractivity contribution in [2.45, 2.75) is 32.8 Å². The summed E-state index contributed by atoms with van der Waals surface area (Å²) in [6.45, 7) is 4.01. The van der Waals surface area contributed by atoms with Gasteiger partial charge in [-0.15, -0.1) is 0 Å². The van der Waals surface area contributed by atoms with Crippen LogP contribution in [0.3, 0.4) is 0 Å². The molecule has 0 bridgehead atoms. The molecule has 1 atom stereocenters. The molecule has 1 unspecified atom stereocenters. The fourth-order valence-electron chi connectivity index (χ4n) is 1.88. The molecule has 6 heteroatoms. The highest BCUT2D eigenvalue weighted by molar-refractivity contribution is 7.91. The first-order valence-electron chi connectivity index (χ1n) is 5.33. The Hall–Kier alpha value is -0.620. The van der Waals surface area contributed by atoms with Crippen molar-refractivity contribution in [3.05, 3.63) is 0 Å². The summed E-state index contributed by atoms with van der Waals surface area (Å²) in [5, 5.41) is 9.14. The smallest absolute Gasteiger partial charge is 0.310 e. The number of carboxylic acids is 1. The van der Waals surface area contributed by atoms with Crippen LogP contribution in [0.4, 0.5) is 0 Å². The molecule has 1 rings (SSSR count). The normalized spacial score (nSPS) is 28.4. The lowest BCUT2D eigenvalue weighted by atomic mass is 9.84. The van der Waals surface area contributed by atoms with Crippen molar-refractivity contribution in [3.63, 3.8) is 0 Å². The third kappa shape index (κ3) is 3.18. The highest BCUT2D eigenvalue weighted by Crippen LogP contribution is 2.36. The summed E-state index contributed by atoms with van der Waals surface area (Å²) in [6.07, 6.45) is 0.495. The summed E-state index contributed by atoms with van der Waals surface area (Å²) in [4.78, 5) is 11.2. The van der Waals surface area contributed by atoms with Gasteiger partial charge in [-0.2, -0.15) is 0 Å². The van der Waals surface area contributed by atoms with Crippen LogP contribution in [-0.2, 0) is 19.4 Å². The van der Waals surface area contributed by atoms with Crippen LogP contribution in [0.5, 0.6) is 0 Å². The highest BCUT2D eigenvalue weighted by Gasteiger charge is 2.47. The summed E-state index contributed by atoms with van der Waals surface area (Å²) in [5.74, 6) is -1.31. The Morgan fingerprint density at radius 1 is 1.50 bits per heavy atom. The molecule has 0 saturated carbocycles. The Bertz CT molecular complexity index is 359. The number of aliphatic carboxylic acids is 1. The van der Waals surface area contributed by atoms with Crippen molar-refractivity contribution in [1.82, 2.24) is 0 Å². The number of ether oxygens (including phenoxy) is 1. The van der Waals surface area contributed by atoms with Gasteiger partial charge in [0.15, 0.2) is 9.84 Å². The lowest BCUT2D eigenvalue weighted by Crippen LogP contribution is -2.34. The van der Waals surface area contributed by atoms with E-state index >= 15 is 0 Å². The van der Waals surface area contributed by atoms with Crippen molar-refractivity contribution < 1.29 is 23.1 Å². The maximum absolute atomic E-state index is 11.3. The fourth-order valence-corrected chi connectivity index (χ4v) is 3.98. The van der Waals surface area contributed by atoms with Crippen molar-refractivity contribution in [3.8, 4) is 0 Å². The molecule has 16 heavy (non-hydrogen) atoms. The predicted octanol–water partition coefficient (Wildman–Crippen LogP) is 0.691. The van der Waals surface area contributed by atoms with E-state index in [4.69, 9.17) is 9.84 Å². The van der Waals surface area contributed by atoms with Crippen LogP contribution in [0.15, 0.2) is 0 Å². The summed E-state index contributed by atoms with van der Waals surface area (Å²) in [6, 6.07) is 0. The first-order valence-corrected chi connectivity index (χ1v) is 7.15. The van der Waals surface area contributed by atoms with E-state index in [1.165, 1.54) is 0 Å². The van der Waals surface area contributed by atoms with Gasteiger partial charge in [0.1, 0.15) is 0 Å². The van der Waals surface area contributed by atoms with E-state index < -0.39 is 21.2 Å². The third-order valence-corrected chi connectivity index (χ3v) is 4.69. The van der Waals surface area contributed by atoms with Crippen LogP contribution < -0.4 is 0 Å². The molecule has 0 aromatic heterocycles. The Balaban J connectivity index is 2.66. The molecule has 1 fully saturated rings. The third-order valence-electron chi connectivity index (χ3n) is 2.87. The van der Waals surface area contributed by atoms with Crippen LogP contribution in [0.1, 0.15) is 26.7 Å². The molecule has 5 nitrogen and oxygen atoms in total. The zero-order valence-electron chi connectivity index (χ0n) is 9.60. The summed E-state index contributed by atoms with van der Waals surface area (Å²) >= 11 is 0. The van der Waals surface area contributed by atoms with E-state index in [0.29, 0.717) is 6.61 Å². The van der Waals surface area contributed by atoms with Crippen molar-refractivity contribution in [2.24, 2.45) is 5.41 Å². The Morgan fingerprint density at radius 3 is 2.50 bits per heavy atom. The zero-order valence-corrected chi connectivity index (χ0v) is 10.4. The molecule has 0 aliphatic carbocycles. The van der Waals surface area contributed by atoms with Crippen molar-refractivity contribution in [2.75, 3.05) is 18.1 Å². The molecule has 0 spiro atoms. The molecule has 1 heterocycles. The van der Waals surface area contributed by atoms with E-state index in [0.717, 1.165) is 0 Å². The van der Waals surface area contributed by atoms with Crippen molar-refractivity contribution in [1.29, 1.82) is 0 Å². The maximum atomic E-state index is 11.3. The minimum absolute atomic E-state index is 0.0268. The van der Waals surface area contributed by atoms with E-state index in [2.05, 4.69) is 0 Å². The van der Waals surface area contributed by atoms with E-state index in [1.807, 2.05) is 13.8 Å². The van der Waals surface area contributed by atoms with Gasteiger partial charge in [0, 0.05) is 6.61 Å². The number of carbonyl (C=O) groups is 1. The first-order chi connectivity index (χ1) is 7.27. The molecule has 1 aliphatic heterocycles. The van der Waals surface area contributed by atoms with Gasteiger partial charge in [-0.05, 0) is 26.7 Å². The molecule has 1 saturated heterocycles. The van der Waals surface area contributed by atoms with Gasteiger partial charge in [0.2, 0.25) is 0 Å². The van der Waals surface area contributed by atoms with Gasteiger partial charge < -0.3 is 9.84 Å². The monoisotopic (exact) mass is 250 g/mol. The predicted molar refractivity (Wildman–Crippen MR) is 59.0 cm³/mol. The molecule has 94 valence electrons. The zero-order chi connectivity index (χ0) is 12.4. The first kappa shape index (κ1) is 13.4. The lowest BCUT2D eigenvalue weighted by molar-refractivity contribution is -0.148. The SMILES string of the molecule is CC(C)OCCC1(C(=O)O)CCS(=O)(=O)C1. The summed E-state index contributed by atoms with van der Waals surface area (Å²) < 4.78 is 28.0. The Labute approximate surface area is 95.7 Å². The van der Waals surface area contributed by atoms with E-state index in [9.17, 15) is 13.2 Å². The maximum Gasteiger partial charge on any atom is 0.310 e. The topological polar surface area (TPSA) is 80.7 Å². The molecule has 0 aromatic carbocycles. The highest BCUT2D eigenvalue weighted by atomic mass is 32.2. The number of carboxylic acid groups (broad SMARTS) is 1. The van der Waals surface area contributed by atoms with Gasteiger partial charge in [0.05, 0.1) is 23.0 Å². The van der Waals surface area contributed by atoms with Gasteiger partial charge in [0.25, 0.3) is 0 Å². The second-order valence-electron chi connectivity index (χ2n) is 4.60. The van der Waals surface area contributed by atoms with Crippen LogP contribution >= 0.6 is 0 Å². The molecule has 1 aliphatic rings. The summed E-state index contributed by atoms with van der Waals surface area (Å²) in [7, 11) is -3.19. The lowest BCUT2D eigenvalue weighted by Gasteiger charge is -2.22.